The third-order valence-electron chi connectivity index (χ3n) is 5.49. The molecule has 5 nitrogen and oxygen atoms in total. The average Bonchev–Trinajstić information content (AvgIpc) is 3.19. The summed E-state index contributed by atoms with van der Waals surface area (Å²) in [5.74, 6) is -1.77. The predicted octanol–water partition coefficient (Wildman–Crippen LogP) is 2.54. The predicted molar refractivity (Wildman–Crippen MR) is 94.6 cm³/mol. The van der Waals surface area contributed by atoms with Crippen LogP contribution in [0.15, 0.2) is 29.1 Å². The van der Waals surface area contributed by atoms with Gasteiger partial charge in [-0.3, -0.25) is 14.5 Å². The number of rotatable bonds is 2. The monoisotopic (exact) mass is 399 g/mol. The van der Waals surface area contributed by atoms with Crippen LogP contribution in [0.3, 0.4) is 0 Å². The second kappa shape index (κ2) is 6.24. The summed E-state index contributed by atoms with van der Waals surface area (Å²) in [5.41, 5.74) is 1.14. The van der Waals surface area contributed by atoms with Gasteiger partial charge in [-0.1, -0.05) is 17.7 Å². The van der Waals surface area contributed by atoms with Gasteiger partial charge in [0.1, 0.15) is 0 Å². The van der Waals surface area contributed by atoms with Gasteiger partial charge in [0.2, 0.25) is 0 Å². The lowest BCUT2D eigenvalue weighted by molar-refractivity contribution is -0.187. The van der Waals surface area contributed by atoms with Crippen LogP contribution in [-0.4, -0.2) is 51.6 Å². The molecule has 2 aliphatic heterocycles. The molecule has 1 amide bonds. The molecule has 27 heavy (non-hydrogen) atoms. The third kappa shape index (κ3) is 3.10. The Hall–Kier alpha value is -2.06. The quantitative estimate of drug-likeness (QED) is 0.779. The second-order valence-corrected chi connectivity index (χ2v) is 7.60. The van der Waals surface area contributed by atoms with Gasteiger partial charge in [0.05, 0.1) is 5.52 Å². The molecule has 9 heteroatoms. The summed E-state index contributed by atoms with van der Waals surface area (Å²) in [6.07, 6.45) is -4.34. The largest absolute Gasteiger partial charge is 0.471 e. The van der Waals surface area contributed by atoms with E-state index in [4.69, 9.17) is 11.6 Å². The minimum atomic E-state index is -4.84. The highest BCUT2D eigenvalue weighted by Crippen LogP contribution is 2.34. The summed E-state index contributed by atoms with van der Waals surface area (Å²) in [6.45, 7) is 0.737. The van der Waals surface area contributed by atoms with Gasteiger partial charge in [-0.05, 0) is 30.0 Å². The molecule has 1 aromatic heterocycles. The van der Waals surface area contributed by atoms with Crippen molar-refractivity contribution in [1.29, 1.82) is 0 Å². The Morgan fingerprint density at radius 1 is 1.22 bits per heavy atom. The smallest absolute Gasteiger partial charge is 0.329 e. The molecule has 4 rings (SSSR count). The maximum atomic E-state index is 12.7. The molecular formula is C18H17ClF3N3O2. The second-order valence-electron chi connectivity index (χ2n) is 7.16. The Labute approximate surface area is 157 Å². The van der Waals surface area contributed by atoms with Gasteiger partial charge in [-0.15, -0.1) is 0 Å². The molecule has 1 aromatic carbocycles. The summed E-state index contributed by atoms with van der Waals surface area (Å²) in [4.78, 5) is 27.1. The zero-order valence-electron chi connectivity index (χ0n) is 14.5. The highest BCUT2D eigenvalue weighted by atomic mass is 35.5. The number of fused-ring (bicyclic) bond motifs is 3. The van der Waals surface area contributed by atoms with Crippen LogP contribution in [0.4, 0.5) is 13.2 Å². The molecule has 0 unspecified atom stereocenters. The molecule has 0 spiro atoms. The fourth-order valence-electron chi connectivity index (χ4n) is 4.19. The van der Waals surface area contributed by atoms with Crippen molar-refractivity contribution in [1.82, 2.24) is 14.4 Å². The minimum Gasteiger partial charge on any atom is -0.329 e. The van der Waals surface area contributed by atoms with E-state index in [1.165, 1.54) is 4.57 Å². The summed E-state index contributed by atoms with van der Waals surface area (Å²) >= 11 is 6.00. The van der Waals surface area contributed by atoms with Crippen LogP contribution < -0.4 is 5.56 Å². The fourth-order valence-corrected chi connectivity index (χ4v) is 4.36. The minimum absolute atomic E-state index is 0.0481. The first-order chi connectivity index (χ1) is 12.6. The zero-order valence-corrected chi connectivity index (χ0v) is 15.2. The van der Waals surface area contributed by atoms with Gasteiger partial charge >= 0.3 is 12.1 Å². The van der Waals surface area contributed by atoms with E-state index in [9.17, 15) is 22.8 Å². The van der Waals surface area contributed by atoms with E-state index in [0.29, 0.717) is 30.1 Å². The number of pyridine rings is 1. The van der Waals surface area contributed by atoms with E-state index >= 15 is 0 Å². The summed E-state index contributed by atoms with van der Waals surface area (Å²) in [6, 6.07) is 6.50. The van der Waals surface area contributed by atoms with E-state index in [1.54, 1.807) is 25.2 Å². The highest BCUT2D eigenvalue weighted by molar-refractivity contribution is 6.31. The molecule has 0 radical (unpaired) electrons. The average molecular weight is 400 g/mol. The molecule has 2 atom stereocenters. The normalized spacial score (nSPS) is 22.8. The molecule has 0 saturated carbocycles. The van der Waals surface area contributed by atoms with E-state index in [1.807, 2.05) is 11.0 Å². The summed E-state index contributed by atoms with van der Waals surface area (Å²) in [5, 5.41) is 1.41. The van der Waals surface area contributed by atoms with Crippen LogP contribution in [0.2, 0.25) is 5.02 Å². The molecule has 3 heterocycles. The number of halogens is 4. The number of aromatic nitrogens is 1. The van der Waals surface area contributed by atoms with E-state index < -0.39 is 18.1 Å². The lowest BCUT2D eigenvalue weighted by Gasteiger charge is -2.34. The lowest BCUT2D eigenvalue weighted by atomic mass is 10.1. The van der Waals surface area contributed by atoms with Crippen molar-refractivity contribution in [3.63, 3.8) is 0 Å². The maximum absolute atomic E-state index is 12.7. The molecule has 2 saturated heterocycles. The number of aryl methyl sites for hydroxylation is 1. The van der Waals surface area contributed by atoms with Crippen molar-refractivity contribution in [2.45, 2.75) is 31.2 Å². The van der Waals surface area contributed by atoms with Gasteiger partial charge in [-0.2, -0.15) is 13.2 Å². The first-order valence-electron chi connectivity index (χ1n) is 8.55. The molecule has 2 fully saturated rings. The number of alkyl halides is 3. The maximum Gasteiger partial charge on any atom is 0.471 e. The Morgan fingerprint density at radius 3 is 2.59 bits per heavy atom. The number of nitrogens with zero attached hydrogens (tertiary/aromatic N) is 3. The summed E-state index contributed by atoms with van der Waals surface area (Å²) in [7, 11) is 1.67. The Bertz CT molecular complexity index is 988. The topological polar surface area (TPSA) is 45.6 Å². The lowest BCUT2D eigenvalue weighted by Crippen LogP contribution is -2.52. The van der Waals surface area contributed by atoms with Crippen molar-refractivity contribution in [3.8, 4) is 0 Å². The van der Waals surface area contributed by atoms with Crippen LogP contribution in [0, 0.1) is 0 Å². The summed E-state index contributed by atoms with van der Waals surface area (Å²) < 4.78 is 39.6. The highest BCUT2D eigenvalue weighted by Gasteiger charge is 2.52. The van der Waals surface area contributed by atoms with E-state index in [-0.39, 0.29) is 18.1 Å². The van der Waals surface area contributed by atoms with E-state index in [0.717, 1.165) is 15.8 Å². The van der Waals surface area contributed by atoms with Crippen molar-refractivity contribution in [2.75, 3.05) is 13.1 Å². The van der Waals surface area contributed by atoms with Crippen molar-refractivity contribution < 1.29 is 18.0 Å². The molecule has 2 aliphatic rings. The molecular weight excluding hydrogens is 383 g/mol. The molecule has 0 aliphatic carbocycles. The number of piperazine rings is 1. The fraction of sp³-hybridized carbons (Fsp3) is 0.444. The molecule has 2 bridgehead atoms. The number of likely N-dealkylation sites (tertiary alicyclic amines) is 2. The number of hydrogen-bond acceptors (Lipinski definition) is 3. The van der Waals surface area contributed by atoms with E-state index in [2.05, 4.69) is 0 Å². The number of carbonyl (C=O) groups excluding carboxylic acids is 1. The number of benzene rings is 1. The SMILES string of the molecule is Cn1c(=O)c(CN2C[C@@H]3C[C@H]2CN3C(=O)C(F)(F)F)cc2ccc(Cl)cc21. The number of amides is 1. The van der Waals surface area contributed by atoms with Gasteiger partial charge in [0, 0.05) is 49.4 Å². The molecule has 0 N–H and O–H groups in total. The third-order valence-corrected chi connectivity index (χ3v) is 5.73. The van der Waals surface area contributed by atoms with Crippen LogP contribution in [0.5, 0.6) is 0 Å². The Balaban J connectivity index is 1.56. The number of carbonyl (C=O) groups is 1. The van der Waals surface area contributed by atoms with Crippen LogP contribution >= 0.6 is 11.6 Å². The van der Waals surface area contributed by atoms with Gasteiger partial charge in [-0.25, -0.2) is 0 Å². The first kappa shape index (κ1) is 18.3. The zero-order chi connectivity index (χ0) is 19.5. The Morgan fingerprint density at radius 2 is 1.96 bits per heavy atom. The van der Waals surface area contributed by atoms with Gasteiger partial charge in [0.15, 0.2) is 0 Å². The van der Waals surface area contributed by atoms with Gasteiger partial charge < -0.3 is 9.47 Å². The molecule has 144 valence electrons. The molecule has 2 aromatic rings. The van der Waals surface area contributed by atoms with Crippen molar-refractivity contribution in [2.24, 2.45) is 7.05 Å². The van der Waals surface area contributed by atoms with Crippen molar-refractivity contribution in [3.05, 3.63) is 45.2 Å². The number of hydrogen-bond donors (Lipinski definition) is 0. The van der Waals surface area contributed by atoms with Crippen LogP contribution in [-0.2, 0) is 18.4 Å². The van der Waals surface area contributed by atoms with Crippen molar-refractivity contribution >= 4 is 28.4 Å². The Kier molecular flexibility index (Phi) is 4.23. The van der Waals surface area contributed by atoms with Crippen LogP contribution in [0.1, 0.15) is 12.0 Å². The van der Waals surface area contributed by atoms with Crippen LogP contribution in [0.25, 0.3) is 10.9 Å². The van der Waals surface area contributed by atoms with Gasteiger partial charge in [0.25, 0.3) is 5.56 Å². The standard InChI is InChI=1S/C18H17ClF3N3O2/c1-23-15-5-12(19)3-2-10(15)4-11(16(23)26)7-24-8-14-6-13(24)9-25(14)17(27)18(20,21)22/h2-5,13-14H,6-9H2,1H3/t13-,14-/m0/s1. The first-order valence-corrected chi connectivity index (χ1v) is 8.93.